The van der Waals surface area contributed by atoms with Crippen molar-refractivity contribution in [3.8, 4) is 0 Å². The lowest BCUT2D eigenvalue weighted by atomic mass is 9.56. The molecule has 3 unspecified atom stereocenters. The van der Waals surface area contributed by atoms with Crippen LogP contribution in [0.3, 0.4) is 0 Å². The van der Waals surface area contributed by atoms with Crippen molar-refractivity contribution in [1.29, 1.82) is 0 Å². The van der Waals surface area contributed by atoms with Crippen molar-refractivity contribution >= 4 is 6.03 Å². The van der Waals surface area contributed by atoms with Crippen LogP contribution in [0.15, 0.2) is 4.52 Å². The number of hydrogen-bond acceptors (Lipinski definition) is 6. The van der Waals surface area contributed by atoms with Crippen molar-refractivity contribution in [2.45, 2.75) is 77.0 Å². The minimum Gasteiger partial charge on any atom is -0.387 e. The summed E-state index contributed by atoms with van der Waals surface area (Å²) in [5.74, 6) is 1.06. The maximum atomic E-state index is 12.8. The first-order chi connectivity index (χ1) is 12.6. The van der Waals surface area contributed by atoms with E-state index in [2.05, 4.69) is 36.2 Å². The fourth-order valence-electron chi connectivity index (χ4n) is 4.18. The van der Waals surface area contributed by atoms with E-state index >= 15 is 0 Å². The first kappa shape index (κ1) is 20.1. The summed E-state index contributed by atoms with van der Waals surface area (Å²) in [4.78, 5) is 18.8. The average Bonchev–Trinajstić information content (AvgIpc) is 3.07. The number of aromatic nitrogens is 2. The molecule has 0 spiro atoms. The van der Waals surface area contributed by atoms with E-state index in [9.17, 15) is 9.90 Å². The van der Waals surface area contributed by atoms with Gasteiger partial charge in [-0.25, -0.2) is 4.79 Å². The summed E-state index contributed by atoms with van der Waals surface area (Å²) in [5, 5.41) is 18.0. The number of rotatable bonds is 5. The van der Waals surface area contributed by atoms with Gasteiger partial charge < -0.3 is 24.6 Å². The number of amides is 2. The Kier molecular flexibility index (Phi) is 5.24. The number of aryl methyl sites for hydroxylation is 1. The van der Waals surface area contributed by atoms with E-state index in [1.807, 2.05) is 6.92 Å². The number of nitrogens with zero attached hydrogens (tertiary/aromatic N) is 3. The van der Waals surface area contributed by atoms with E-state index in [0.29, 0.717) is 31.1 Å². The molecule has 3 rings (SSSR count). The van der Waals surface area contributed by atoms with Gasteiger partial charge in [0.15, 0.2) is 5.82 Å². The zero-order chi connectivity index (χ0) is 19.9. The van der Waals surface area contributed by atoms with E-state index in [-0.39, 0.29) is 36.1 Å². The Balaban J connectivity index is 1.59. The number of ether oxygens (including phenoxy) is 1. The summed E-state index contributed by atoms with van der Waals surface area (Å²) in [7, 11) is 1.71. The van der Waals surface area contributed by atoms with Crippen LogP contribution in [0.5, 0.6) is 0 Å². The topological polar surface area (TPSA) is 101 Å². The van der Waals surface area contributed by atoms with Gasteiger partial charge in [-0.15, -0.1) is 0 Å². The molecule has 2 N–H and O–H groups in total. The lowest BCUT2D eigenvalue weighted by Crippen LogP contribution is -2.70. The molecule has 1 aliphatic heterocycles. The van der Waals surface area contributed by atoms with Crippen LogP contribution in [0.2, 0.25) is 0 Å². The van der Waals surface area contributed by atoms with Gasteiger partial charge in [0.25, 0.3) is 0 Å². The minimum absolute atomic E-state index is 0.0491. The molecule has 0 aromatic carbocycles. The van der Waals surface area contributed by atoms with E-state index in [1.54, 1.807) is 12.0 Å². The van der Waals surface area contributed by atoms with Crippen LogP contribution in [0.4, 0.5) is 4.79 Å². The third kappa shape index (κ3) is 3.69. The molecule has 1 saturated heterocycles. The van der Waals surface area contributed by atoms with Gasteiger partial charge in [-0.2, -0.15) is 4.98 Å². The highest BCUT2D eigenvalue weighted by molar-refractivity contribution is 5.75. The number of piperidine rings is 1. The Morgan fingerprint density at radius 2 is 2.19 bits per heavy atom. The molecule has 27 heavy (non-hydrogen) atoms. The fourth-order valence-corrected chi connectivity index (χ4v) is 4.18. The molecule has 1 aromatic rings. The van der Waals surface area contributed by atoms with Crippen LogP contribution in [0.25, 0.3) is 0 Å². The highest BCUT2D eigenvalue weighted by Gasteiger charge is 2.58. The first-order valence-electron chi connectivity index (χ1n) is 9.77. The molecule has 152 valence electrons. The highest BCUT2D eigenvalue weighted by Crippen LogP contribution is 2.51. The Morgan fingerprint density at radius 3 is 2.78 bits per heavy atom. The Bertz CT molecular complexity index is 691. The molecule has 0 bridgehead atoms. The molecule has 2 aliphatic rings. The first-order valence-corrected chi connectivity index (χ1v) is 9.77. The zero-order valence-corrected chi connectivity index (χ0v) is 17.0. The number of carbonyl (C=O) groups excluding carboxylic acids is 1. The van der Waals surface area contributed by atoms with Gasteiger partial charge >= 0.3 is 6.03 Å². The van der Waals surface area contributed by atoms with Crippen molar-refractivity contribution in [3.05, 3.63) is 11.7 Å². The Hall–Kier alpha value is -1.67. The van der Waals surface area contributed by atoms with E-state index < -0.39 is 5.60 Å². The van der Waals surface area contributed by atoms with Crippen molar-refractivity contribution in [3.63, 3.8) is 0 Å². The van der Waals surface area contributed by atoms with Crippen molar-refractivity contribution in [1.82, 2.24) is 20.4 Å². The quantitative estimate of drug-likeness (QED) is 0.809. The maximum Gasteiger partial charge on any atom is 0.317 e. The highest BCUT2D eigenvalue weighted by atomic mass is 16.5. The second-order valence-corrected chi connectivity index (χ2v) is 8.75. The molecular weight excluding hydrogens is 348 g/mol. The minimum atomic E-state index is -1.04. The van der Waals surface area contributed by atoms with Gasteiger partial charge in [0, 0.05) is 31.5 Å². The van der Waals surface area contributed by atoms with Crippen molar-refractivity contribution < 1.29 is 19.2 Å². The largest absolute Gasteiger partial charge is 0.387 e. The maximum absolute atomic E-state index is 12.8. The number of likely N-dealkylation sites (tertiary alicyclic amines) is 1. The average molecular weight is 380 g/mol. The standard InChI is InChI=1S/C19H32N4O4/c1-6-14-21-15(27-22-14)11-19(25)8-7-9-23(12-19)16(24)20-13-10-18(4,26-5)17(13,2)3/h13,25H,6-12H2,1-5H3,(H,20,24). The third-order valence-electron chi connectivity index (χ3n) is 6.73. The normalized spacial score (nSPS) is 32.8. The molecule has 2 heterocycles. The van der Waals surface area contributed by atoms with Crippen LogP contribution in [0, 0.1) is 5.41 Å². The van der Waals surface area contributed by atoms with Crippen molar-refractivity contribution in [2.75, 3.05) is 20.2 Å². The van der Waals surface area contributed by atoms with E-state index in [1.165, 1.54) is 0 Å². The molecule has 8 heteroatoms. The van der Waals surface area contributed by atoms with E-state index in [4.69, 9.17) is 9.26 Å². The number of carbonyl (C=O) groups is 1. The van der Waals surface area contributed by atoms with Crippen molar-refractivity contribution in [2.24, 2.45) is 5.41 Å². The zero-order valence-electron chi connectivity index (χ0n) is 17.0. The Labute approximate surface area is 160 Å². The smallest absolute Gasteiger partial charge is 0.317 e. The molecule has 1 saturated carbocycles. The van der Waals surface area contributed by atoms with Crippen LogP contribution < -0.4 is 5.32 Å². The summed E-state index contributed by atoms with van der Waals surface area (Å²) >= 11 is 0. The molecule has 1 aliphatic carbocycles. The molecular formula is C19H32N4O4. The van der Waals surface area contributed by atoms with Gasteiger partial charge in [0.2, 0.25) is 5.89 Å². The third-order valence-corrected chi connectivity index (χ3v) is 6.73. The molecule has 2 fully saturated rings. The number of urea groups is 1. The summed E-state index contributed by atoms with van der Waals surface area (Å²) in [6.07, 6.45) is 3.08. The molecule has 8 nitrogen and oxygen atoms in total. The Morgan fingerprint density at radius 1 is 1.44 bits per heavy atom. The number of β-amino-alcohol motifs (C(OH)–C–C–N with tert-alkyl or cyclic N) is 1. The molecule has 2 amide bonds. The summed E-state index contributed by atoms with van der Waals surface area (Å²) in [6, 6.07) is -0.0860. The second kappa shape index (κ2) is 7.05. The van der Waals surface area contributed by atoms with Gasteiger partial charge in [0.05, 0.1) is 24.2 Å². The summed E-state index contributed by atoms with van der Waals surface area (Å²) in [6.45, 7) is 9.14. The predicted molar refractivity (Wildman–Crippen MR) is 99.3 cm³/mol. The molecule has 0 radical (unpaired) electrons. The van der Waals surface area contributed by atoms with Crippen LogP contribution >= 0.6 is 0 Å². The lowest BCUT2D eigenvalue weighted by Gasteiger charge is -2.59. The SMILES string of the molecule is CCc1noc(CC2(O)CCCN(C(=O)NC3CC(C)(OC)C3(C)C)C2)n1. The molecule has 3 atom stereocenters. The molecule has 1 aromatic heterocycles. The fraction of sp³-hybridized carbons (Fsp3) is 0.842. The van der Waals surface area contributed by atoms with Gasteiger partial charge in [-0.05, 0) is 26.2 Å². The summed E-state index contributed by atoms with van der Waals surface area (Å²) in [5.41, 5.74) is -1.42. The summed E-state index contributed by atoms with van der Waals surface area (Å²) < 4.78 is 10.8. The predicted octanol–water partition coefficient (Wildman–Crippen LogP) is 1.91. The van der Waals surface area contributed by atoms with Gasteiger partial charge in [0.1, 0.15) is 0 Å². The van der Waals surface area contributed by atoms with Crippen LogP contribution in [-0.4, -0.2) is 63.6 Å². The number of nitrogens with one attached hydrogen (secondary N) is 1. The van der Waals surface area contributed by atoms with Gasteiger partial charge in [-0.1, -0.05) is 25.9 Å². The number of methoxy groups -OCH3 is 1. The number of hydrogen-bond donors (Lipinski definition) is 2. The van der Waals surface area contributed by atoms with Crippen LogP contribution in [0.1, 0.15) is 58.7 Å². The van der Waals surface area contributed by atoms with E-state index in [0.717, 1.165) is 12.8 Å². The second-order valence-electron chi connectivity index (χ2n) is 8.75. The monoisotopic (exact) mass is 380 g/mol. The lowest BCUT2D eigenvalue weighted by molar-refractivity contribution is -0.178. The van der Waals surface area contributed by atoms with Gasteiger partial charge in [-0.3, -0.25) is 0 Å². The number of aliphatic hydroxyl groups is 1. The van der Waals surface area contributed by atoms with Crippen LogP contribution in [-0.2, 0) is 17.6 Å².